The van der Waals surface area contributed by atoms with E-state index in [1.54, 1.807) is 18.1 Å². The molecule has 2 aromatic heterocycles. The highest BCUT2D eigenvalue weighted by atomic mass is 32.1. The van der Waals surface area contributed by atoms with E-state index in [0.29, 0.717) is 11.7 Å². The summed E-state index contributed by atoms with van der Waals surface area (Å²) in [6.45, 7) is 2.52. The van der Waals surface area contributed by atoms with Gasteiger partial charge in [0, 0.05) is 37.3 Å². The quantitative estimate of drug-likeness (QED) is 0.933. The summed E-state index contributed by atoms with van der Waals surface area (Å²) in [5, 5.41) is 5.31. The van der Waals surface area contributed by atoms with Gasteiger partial charge in [-0.05, 0) is 19.1 Å². The second-order valence-corrected chi connectivity index (χ2v) is 5.07. The van der Waals surface area contributed by atoms with Gasteiger partial charge in [0.15, 0.2) is 5.13 Å². The number of carbonyl (C=O) groups is 1. The zero-order valence-corrected chi connectivity index (χ0v) is 11.8. The third-order valence-corrected chi connectivity index (χ3v) is 3.48. The molecule has 0 atom stereocenters. The molecule has 5 nitrogen and oxygen atoms in total. The van der Waals surface area contributed by atoms with Gasteiger partial charge in [0.1, 0.15) is 0 Å². The van der Waals surface area contributed by atoms with Crippen LogP contribution in [-0.4, -0.2) is 34.5 Å². The average Bonchev–Trinajstić information content (AvgIpc) is 2.82. The molecule has 0 saturated carbocycles. The lowest BCUT2D eigenvalue weighted by Crippen LogP contribution is -2.33. The van der Waals surface area contributed by atoms with Gasteiger partial charge in [-0.3, -0.25) is 10.3 Å². The van der Waals surface area contributed by atoms with Crippen molar-refractivity contribution in [1.82, 2.24) is 14.9 Å². The summed E-state index contributed by atoms with van der Waals surface area (Å²) in [7, 11) is 1.76. The average molecular weight is 276 g/mol. The van der Waals surface area contributed by atoms with Crippen LogP contribution in [0.15, 0.2) is 29.8 Å². The van der Waals surface area contributed by atoms with Crippen molar-refractivity contribution in [3.63, 3.8) is 0 Å². The molecule has 0 aliphatic rings. The second-order valence-electron chi connectivity index (χ2n) is 4.22. The van der Waals surface area contributed by atoms with Crippen LogP contribution in [0.4, 0.5) is 9.93 Å². The second kappa shape index (κ2) is 6.29. The van der Waals surface area contributed by atoms with Crippen LogP contribution in [0.2, 0.25) is 0 Å². The number of thiazole rings is 1. The summed E-state index contributed by atoms with van der Waals surface area (Å²) < 4.78 is 0. The van der Waals surface area contributed by atoms with Crippen LogP contribution >= 0.6 is 11.3 Å². The standard InChI is InChI=1S/C13H16N4OS/c1-10-9-19-12(15-10)16-13(18)17(2)8-6-11-5-3-4-7-14-11/h3-5,7,9H,6,8H2,1-2H3,(H,15,16,18). The summed E-state index contributed by atoms with van der Waals surface area (Å²) in [6.07, 6.45) is 2.50. The molecule has 2 aromatic rings. The third-order valence-electron chi connectivity index (χ3n) is 2.61. The molecule has 100 valence electrons. The predicted octanol–water partition coefficient (Wildman–Crippen LogP) is 2.55. The van der Waals surface area contributed by atoms with Gasteiger partial charge in [-0.25, -0.2) is 9.78 Å². The number of rotatable bonds is 4. The summed E-state index contributed by atoms with van der Waals surface area (Å²) in [5.41, 5.74) is 1.89. The molecule has 2 heterocycles. The van der Waals surface area contributed by atoms with Crippen molar-refractivity contribution in [3.8, 4) is 0 Å². The number of aryl methyl sites for hydroxylation is 1. The molecule has 0 aromatic carbocycles. The predicted molar refractivity (Wildman–Crippen MR) is 76.4 cm³/mol. The number of nitrogens with zero attached hydrogens (tertiary/aromatic N) is 3. The fraction of sp³-hybridized carbons (Fsp3) is 0.308. The molecule has 0 fully saturated rings. The van der Waals surface area contributed by atoms with Gasteiger partial charge < -0.3 is 4.90 Å². The van der Waals surface area contributed by atoms with Gasteiger partial charge in [-0.2, -0.15) is 0 Å². The van der Waals surface area contributed by atoms with Gasteiger partial charge in [-0.1, -0.05) is 6.07 Å². The minimum absolute atomic E-state index is 0.148. The van der Waals surface area contributed by atoms with Crippen molar-refractivity contribution in [2.75, 3.05) is 18.9 Å². The number of carbonyl (C=O) groups excluding carboxylic acids is 1. The summed E-state index contributed by atoms with van der Waals surface area (Å²) in [6, 6.07) is 5.63. The van der Waals surface area contributed by atoms with Crippen molar-refractivity contribution in [2.24, 2.45) is 0 Å². The monoisotopic (exact) mass is 276 g/mol. The van der Waals surface area contributed by atoms with Gasteiger partial charge >= 0.3 is 6.03 Å². The summed E-state index contributed by atoms with van der Waals surface area (Å²) >= 11 is 1.43. The van der Waals surface area contributed by atoms with E-state index in [1.807, 2.05) is 30.5 Å². The van der Waals surface area contributed by atoms with Crippen LogP contribution in [0.3, 0.4) is 0 Å². The van der Waals surface area contributed by atoms with Crippen molar-refractivity contribution < 1.29 is 4.79 Å². The topological polar surface area (TPSA) is 58.1 Å². The normalized spacial score (nSPS) is 10.2. The Hall–Kier alpha value is -1.95. The maximum Gasteiger partial charge on any atom is 0.323 e. The molecule has 0 aliphatic carbocycles. The van der Waals surface area contributed by atoms with E-state index in [4.69, 9.17) is 0 Å². The van der Waals surface area contributed by atoms with E-state index in [2.05, 4.69) is 15.3 Å². The number of hydrogen-bond donors (Lipinski definition) is 1. The lowest BCUT2D eigenvalue weighted by molar-refractivity contribution is 0.223. The van der Waals surface area contributed by atoms with E-state index in [9.17, 15) is 4.79 Å². The largest absolute Gasteiger partial charge is 0.327 e. The maximum absolute atomic E-state index is 11.9. The van der Waals surface area contributed by atoms with Crippen LogP contribution in [0.5, 0.6) is 0 Å². The number of nitrogens with one attached hydrogen (secondary N) is 1. The highest BCUT2D eigenvalue weighted by molar-refractivity contribution is 7.13. The van der Waals surface area contributed by atoms with Gasteiger partial charge in [0.25, 0.3) is 0 Å². The Labute approximate surface area is 116 Å². The molecule has 0 radical (unpaired) electrons. The zero-order chi connectivity index (χ0) is 13.7. The van der Waals surface area contributed by atoms with E-state index in [-0.39, 0.29) is 6.03 Å². The first-order valence-corrected chi connectivity index (χ1v) is 6.87. The molecule has 1 N–H and O–H groups in total. The van der Waals surface area contributed by atoms with Crippen LogP contribution in [0.1, 0.15) is 11.4 Å². The lowest BCUT2D eigenvalue weighted by Gasteiger charge is -2.16. The van der Waals surface area contributed by atoms with Gasteiger partial charge in [0.2, 0.25) is 0 Å². The van der Waals surface area contributed by atoms with Crippen molar-refractivity contribution in [3.05, 3.63) is 41.2 Å². The first-order chi connectivity index (χ1) is 9.15. The number of likely N-dealkylation sites (N-methyl/N-ethyl adjacent to an activating group) is 1. The molecule has 2 rings (SSSR count). The van der Waals surface area contributed by atoms with E-state index >= 15 is 0 Å². The van der Waals surface area contributed by atoms with Crippen molar-refractivity contribution in [1.29, 1.82) is 0 Å². The zero-order valence-electron chi connectivity index (χ0n) is 11.0. The molecule has 19 heavy (non-hydrogen) atoms. The van der Waals surface area contributed by atoms with E-state index in [0.717, 1.165) is 17.8 Å². The fourth-order valence-electron chi connectivity index (χ4n) is 1.53. The van der Waals surface area contributed by atoms with Crippen LogP contribution in [0.25, 0.3) is 0 Å². The number of urea groups is 1. The Morgan fingerprint density at radius 2 is 2.32 bits per heavy atom. The third kappa shape index (κ3) is 4.03. The minimum Gasteiger partial charge on any atom is -0.327 e. The molecular formula is C13H16N4OS. The van der Waals surface area contributed by atoms with Crippen molar-refractivity contribution >= 4 is 22.5 Å². The number of pyridine rings is 1. The number of amides is 2. The highest BCUT2D eigenvalue weighted by Gasteiger charge is 2.10. The van der Waals surface area contributed by atoms with Crippen LogP contribution in [-0.2, 0) is 6.42 Å². The molecule has 0 unspecified atom stereocenters. The number of hydrogen-bond acceptors (Lipinski definition) is 4. The Bertz CT molecular complexity index is 541. The summed E-state index contributed by atoms with van der Waals surface area (Å²) in [5.74, 6) is 0. The Balaban J connectivity index is 1.82. The van der Waals surface area contributed by atoms with Gasteiger partial charge in [0.05, 0.1) is 5.69 Å². The van der Waals surface area contributed by atoms with Crippen molar-refractivity contribution in [2.45, 2.75) is 13.3 Å². The number of anilines is 1. The summed E-state index contributed by atoms with van der Waals surface area (Å²) in [4.78, 5) is 22.0. The molecule has 0 saturated heterocycles. The highest BCUT2D eigenvalue weighted by Crippen LogP contribution is 2.14. The Morgan fingerprint density at radius 1 is 1.47 bits per heavy atom. The minimum atomic E-state index is -0.148. The SMILES string of the molecule is Cc1csc(NC(=O)N(C)CCc2ccccn2)n1. The fourth-order valence-corrected chi connectivity index (χ4v) is 2.21. The van der Waals surface area contributed by atoms with Crippen LogP contribution in [0, 0.1) is 6.92 Å². The molecular weight excluding hydrogens is 260 g/mol. The lowest BCUT2D eigenvalue weighted by atomic mass is 10.2. The van der Waals surface area contributed by atoms with Crippen LogP contribution < -0.4 is 5.32 Å². The van der Waals surface area contributed by atoms with E-state index < -0.39 is 0 Å². The molecule has 2 amide bonds. The molecule has 0 spiro atoms. The maximum atomic E-state index is 11.9. The molecule has 0 bridgehead atoms. The Morgan fingerprint density at radius 3 is 2.95 bits per heavy atom. The van der Waals surface area contributed by atoms with E-state index in [1.165, 1.54) is 11.3 Å². The first kappa shape index (κ1) is 13.5. The Kier molecular flexibility index (Phi) is 4.46. The van der Waals surface area contributed by atoms with Gasteiger partial charge in [-0.15, -0.1) is 11.3 Å². The first-order valence-electron chi connectivity index (χ1n) is 5.99. The molecule has 0 aliphatic heterocycles. The number of aromatic nitrogens is 2. The smallest absolute Gasteiger partial charge is 0.323 e. The molecule has 6 heteroatoms.